The molecule has 4 aliphatic rings. The van der Waals surface area contributed by atoms with Crippen LogP contribution in [0.4, 0.5) is 0 Å². The molecule has 10 heteroatoms. The highest BCUT2D eigenvalue weighted by Crippen LogP contribution is 2.48. The van der Waals surface area contributed by atoms with E-state index in [9.17, 15) is 19.2 Å². The van der Waals surface area contributed by atoms with E-state index in [0.29, 0.717) is 44.9 Å². The Hall–Kier alpha value is -1.88. The van der Waals surface area contributed by atoms with Gasteiger partial charge in [0, 0.05) is 40.2 Å². The molecule has 0 aromatic heterocycles. The van der Waals surface area contributed by atoms with Gasteiger partial charge in [-0.3, -0.25) is 29.0 Å². The maximum absolute atomic E-state index is 14.7. The molecule has 48 heavy (non-hydrogen) atoms. The van der Waals surface area contributed by atoms with Crippen molar-refractivity contribution in [3.05, 3.63) is 0 Å². The lowest BCUT2D eigenvalue weighted by Crippen LogP contribution is -2.64. The summed E-state index contributed by atoms with van der Waals surface area (Å²) in [6.45, 7) is 25.0. The predicted octanol–water partition coefficient (Wildman–Crippen LogP) is 6.23. The van der Waals surface area contributed by atoms with Gasteiger partial charge in [-0.15, -0.1) is 0 Å². The topological polar surface area (TPSA) is 99.7 Å². The van der Waals surface area contributed by atoms with Crippen LogP contribution in [0.15, 0.2) is 0 Å². The van der Waals surface area contributed by atoms with Crippen molar-refractivity contribution in [1.29, 1.82) is 0 Å². The van der Waals surface area contributed by atoms with Gasteiger partial charge in [-0.2, -0.15) is 10.1 Å². The molecule has 4 aliphatic heterocycles. The first-order valence-electron chi connectivity index (χ1n) is 18.5. The molecule has 0 bridgehead atoms. The highest BCUT2D eigenvalue weighted by Gasteiger charge is 2.59. The predicted molar refractivity (Wildman–Crippen MR) is 186 cm³/mol. The van der Waals surface area contributed by atoms with Crippen molar-refractivity contribution >= 4 is 23.6 Å². The van der Waals surface area contributed by atoms with Crippen LogP contribution in [0.3, 0.4) is 0 Å². The average molecular weight is 675 g/mol. The minimum absolute atomic E-state index is 0.0657. The molecule has 6 unspecified atom stereocenters. The summed E-state index contributed by atoms with van der Waals surface area (Å²) in [4.78, 5) is 72.1. The Labute approximate surface area is 290 Å². The summed E-state index contributed by atoms with van der Waals surface area (Å²) < 4.78 is 0. The van der Waals surface area contributed by atoms with E-state index in [0.717, 1.165) is 6.42 Å². The Morgan fingerprint density at radius 1 is 0.625 bits per heavy atom. The zero-order valence-corrected chi connectivity index (χ0v) is 32.5. The van der Waals surface area contributed by atoms with E-state index in [1.807, 2.05) is 17.1 Å². The second-order valence-electron chi connectivity index (χ2n) is 18.1. The number of likely N-dealkylation sites (tertiary alicyclic amines) is 2. The van der Waals surface area contributed by atoms with Crippen LogP contribution in [0.25, 0.3) is 0 Å². The van der Waals surface area contributed by atoms with Gasteiger partial charge < -0.3 is 9.68 Å². The lowest BCUT2D eigenvalue weighted by Gasteiger charge is -2.54. The van der Waals surface area contributed by atoms with E-state index < -0.39 is 23.7 Å². The highest BCUT2D eigenvalue weighted by molar-refractivity contribution is 6.06. The van der Waals surface area contributed by atoms with Crippen LogP contribution in [0.1, 0.15) is 134 Å². The molecule has 4 fully saturated rings. The molecule has 4 amide bonds. The molecule has 0 aromatic carbocycles. The molecule has 0 radical (unpaired) electrons. The third-order valence-electron chi connectivity index (χ3n) is 12.5. The number of nitrogens with zero attached hydrogens (tertiary/aromatic N) is 4. The lowest BCUT2D eigenvalue weighted by atomic mass is 9.73. The second-order valence-corrected chi connectivity index (χ2v) is 18.1. The minimum atomic E-state index is -0.516. The van der Waals surface area contributed by atoms with E-state index >= 15 is 0 Å². The van der Waals surface area contributed by atoms with E-state index in [1.54, 1.807) is 24.0 Å². The zero-order chi connectivity index (χ0) is 36.3. The number of hydrogen-bond donors (Lipinski definition) is 0. The number of imide groups is 2. The fourth-order valence-corrected chi connectivity index (χ4v) is 10.7. The van der Waals surface area contributed by atoms with Crippen LogP contribution in [0.2, 0.25) is 0 Å². The number of carbonyl (C=O) groups is 4. The number of carbonyl (C=O) groups excluding carboxylic acids is 4. The molecule has 0 saturated carbocycles. The van der Waals surface area contributed by atoms with Gasteiger partial charge >= 0.3 is 0 Å². The molecule has 0 N–H and O–H groups in total. The second kappa shape index (κ2) is 13.7. The first-order chi connectivity index (χ1) is 22.1. The normalized spacial score (nSPS) is 32.8. The average Bonchev–Trinajstić information content (AvgIpc) is 3.31. The Morgan fingerprint density at radius 3 is 1.40 bits per heavy atom. The van der Waals surface area contributed by atoms with Crippen molar-refractivity contribution in [3.63, 3.8) is 0 Å². The fraction of sp³-hybridized carbons (Fsp3) is 0.895. The molecule has 274 valence electrons. The summed E-state index contributed by atoms with van der Waals surface area (Å²) in [6.07, 6.45) is 5.13. The number of amides is 4. The standard InChI is InChI=1S/C38H66N4O6/c1-15-23(3)17-29-30(34(46)40(33(29)45)27-21-37(9,10)42(48-14)38(11,12)22-27)25(16-2)18-28-24(4)31(43)39(32(28)44)26-19-35(5,6)41(47-13)36(7,8)20-26/h23-30H,15-22H2,1-14H3. The summed E-state index contributed by atoms with van der Waals surface area (Å²) in [5.74, 6) is -2.25. The molecular weight excluding hydrogens is 608 g/mol. The van der Waals surface area contributed by atoms with Crippen molar-refractivity contribution in [2.75, 3.05) is 14.2 Å². The highest BCUT2D eigenvalue weighted by atomic mass is 16.7. The maximum Gasteiger partial charge on any atom is 0.233 e. The van der Waals surface area contributed by atoms with Crippen LogP contribution in [0.5, 0.6) is 0 Å². The molecule has 0 aliphatic carbocycles. The smallest absolute Gasteiger partial charge is 0.233 e. The van der Waals surface area contributed by atoms with Gasteiger partial charge in [0.1, 0.15) is 0 Å². The minimum Gasteiger partial charge on any atom is -0.301 e. The SMILES string of the molecule is CCC(C)CC1C(=O)N(C2CC(C)(C)N(OC)C(C)(C)C2)C(=O)C1C(CC)CC1C(=O)N(C2CC(C)(C)N(OC)C(C)(C)C2)C(=O)C1C. The maximum atomic E-state index is 14.7. The van der Waals surface area contributed by atoms with Crippen LogP contribution in [-0.2, 0) is 28.9 Å². The number of hydroxylamine groups is 4. The van der Waals surface area contributed by atoms with Crippen molar-refractivity contribution in [2.45, 2.75) is 169 Å². The van der Waals surface area contributed by atoms with Gasteiger partial charge in [-0.1, -0.05) is 40.5 Å². The van der Waals surface area contributed by atoms with Gasteiger partial charge in [0.2, 0.25) is 23.6 Å². The van der Waals surface area contributed by atoms with E-state index in [-0.39, 0.29) is 69.7 Å². The summed E-state index contributed by atoms with van der Waals surface area (Å²) >= 11 is 0. The summed E-state index contributed by atoms with van der Waals surface area (Å²) in [6, 6.07) is -0.473. The largest absolute Gasteiger partial charge is 0.301 e. The molecule has 0 spiro atoms. The van der Waals surface area contributed by atoms with Crippen molar-refractivity contribution in [2.24, 2.45) is 35.5 Å². The van der Waals surface area contributed by atoms with E-state index in [4.69, 9.17) is 9.68 Å². The molecule has 4 rings (SSSR count). The first kappa shape index (κ1) is 38.9. The monoisotopic (exact) mass is 674 g/mol. The van der Waals surface area contributed by atoms with Crippen molar-refractivity contribution in [3.8, 4) is 0 Å². The molecule has 10 nitrogen and oxygen atoms in total. The molecule has 4 saturated heterocycles. The Balaban J connectivity index is 1.63. The van der Waals surface area contributed by atoms with E-state index in [1.165, 1.54) is 0 Å². The first-order valence-corrected chi connectivity index (χ1v) is 18.5. The van der Waals surface area contributed by atoms with Crippen molar-refractivity contribution in [1.82, 2.24) is 19.9 Å². The zero-order valence-electron chi connectivity index (χ0n) is 32.5. The van der Waals surface area contributed by atoms with Crippen LogP contribution in [-0.4, -0.2) is 92.0 Å². The third-order valence-corrected chi connectivity index (χ3v) is 12.5. The number of piperidine rings is 2. The van der Waals surface area contributed by atoms with Crippen LogP contribution >= 0.6 is 0 Å². The summed E-state index contributed by atoms with van der Waals surface area (Å²) in [5, 5.41) is 3.99. The lowest BCUT2D eigenvalue weighted by molar-refractivity contribution is -0.271. The molecular formula is C38H66N4O6. The van der Waals surface area contributed by atoms with Gasteiger partial charge in [0.25, 0.3) is 0 Å². The quantitative estimate of drug-likeness (QED) is 0.238. The number of hydrogen-bond acceptors (Lipinski definition) is 8. The van der Waals surface area contributed by atoms with Gasteiger partial charge in [0.05, 0.1) is 32.0 Å². The Bertz CT molecular complexity index is 1210. The summed E-state index contributed by atoms with van der Waals surface area (Å²) in [7, 11) is 3.36. The van der Waals surface area contributed by atoms with Gasteiger partial charge in [-0.05, 0) is 106 Å². The van der Waals surface area contributed by atoms with Gasteiger partial charge in [-0.25, -0.2) is 0 Å². The number of rotatable bonds is 11. The fourth-order valence-electron chi connectivity index (χ4n) is 10.7. The van der Waals surface area contributed by atoms with E-state index in [2.05, 4.69) is 76.2 Å². The third kappa shape index (κ3) is 6.76. The molecule has 4 heterocycles. The Kier molecular flexibility index (Phi) is 11.1. The van der Waals surface area contributed by atoms with Crippen molar-refractivity contribution < 1.29 is 28.9 Å². The summed E-state index contributed by atoms with van der Waals surface area (Å²) in [5.41, 5.74) is -1.51. The van der Waals surface area contributed by atoms with Crippen LogP contribution < -0.4 is 0 Å². The molecule has 0 aromatic rings. The molecule has 6 atom stereocenters. The Morgan fingerprint density at radius 2 is 1.02 bits per heavy atom. The van der Waals surface area contributed by atoms with Crippen LogP contribution in [0, 0.1) is 35.5 Å². The van der Waals surface area contributed by atoms with Gasteiger partial charge in [0.15, 0.2) is 0 Å².